The minimum atomic E-state index is -0.666. The van der Waals surface area contributed by atoms with Crippen molar-refractivity contribution < 1.29 is 33.4 Å². The van der Waals surface area contributed by atoms with Crippen LogP contribution < -0.4 is 0 Å². The van der Waals surface area contributed by atoms with Gasteiger partial charge in [0.15, 0.2) is 12.3 Å². The topological polar surface area (TPSA) is 112 Å². The van der Waals surface area contributed by atoms with E-state index in [0.717, 1.165) is 16.4 Å². The van der Waals surface area contributed by atoms with Crippen LogP contribution in [0.5, 0.6) is 0 Å². The molecule has 14 heteroatoms. The average Bonchev–Trinajstić information content (AvgIpc) is 3.38. The maximum Gasteiger partial charge on any atom is 0.326 e. The molecule has 0 aromatic rings. The van der Waals surface area contributed by atoms with Gasteiger partial charge in [0.05, 0.1) is 0 Å². The van der Waals surface area contributed by atoms with Crippen LogP contribution in [0.3, 0.4) is 0 Å². The fraction of sp³-hybridized carbons (Fsp3) is 0.789. The SMILES string of the molecule is CCN1C(=O)N(COC2CSC(OC)CS2)C2C1N(CN1C(=O)CCC1=O)C(=O)N2COC. The van der Waals surface area contributed by atoms with E-state index in [4.69, 9.17) is 14.2 Å². The number of methoxy groups -OCH3 is 2. The summed E-state index contributed by atoms with van der Waals surface area (Å²) in [5, 5.41) is 0. The number of rotatable bonds is 9. The molecule has 4 fully saturated rings. The van der Waals surface area contributed by atoms with Gasteiger partial charge in [-0.25, -0.2) is 9.59 Å². The smallest absolute Gasteiger partial charge is 0.326 e. The fourth-order valence-corrected chi connectivity index (χ4v) is 6.94. The summed E-state index contributed by atoms with van der Waals surface area (Å²) < 4.78 is 16.6. The molecule has 0 radical (unpaired) electrons. The number of ether oxygens (including phenoxy) is 3. The van der Waals surface area contributed by atoms with Crippen LogP contribution in [0.15, 0.2) is 0 Å². The van der Waals surface area contributed by atoms with Crippen molar-refractivity contribution in [3.05, 3.63) is 0 Å². The molecule has 4 unspecified atom stereocenters. The van der Waals surface area contributed by atoms with Gasteiger partial charge in [-0.15, -0.1) is 23.5 Å². The zero-order chi connectivity index (χ0) is 23.7. The summed E-state index contributed by atoms with van der Waals surface area (Å²) in [6.07, 6.45) is -1.06. The number of amides is 6. The average molecular weight is 504 g/mol. The number of hydrogen-bond donors (Lipinski definition) is 0. The van der Waals surface area contributed by atoms with E-state index in [2.05, 4.69) is 0 Å². The van der Waals surface area contributed by atoms with Crippen molar-refractivity contribution in [2.45, 2.75) is 43.0 Å². The molecule has 0 saturated carbocycles. The second-order valence-corrected chi connectivity index (χ2v) is 10.3. The second-order valence-electron chi connectivity index (χ2n) is 7.92. The Bertz CT molecular complexity index is 780. The summed E-state index contributed by atoms with van der Waals surface area (Å²) in [5.41, 5.74) is 0.0182. The zero-order valence-electron chi connectivity index (χ0n) is 18.9. The van der Waals surface area contributed by atoms with Crippen LogP contribution in [0, 0.1) is 0 Å². The minimum absolute atomic E-state index is 0.00921. The number of fused-ring (bicyclic) bond motifs is 1. The lowest BCUT2D eigenvalue weighted by atomic mass is 10.3. The van der Waals surface area contributed by atoms with E-state index in [0.29, 0.717) is 6.54 Å². The molecule has 4 aliphatic heterocycles. The van der Waals surface area contributed by atoms with Crippen molar-refractivity contribution in [3.8, 4) is 0 Å². The predicted molar refractivity (Wildman–Crippen MR) is 120 cm³/mol. The molecule has 0 aromatic heterocycles. The molecular weight excluding hydrogens is 474 g/mol. The van der Waals surface area contributed by atoms with Crippen LogP contribution >= 0.6 is 23.5 Å². The van der Waals surface area contributed by atoms with Crippen molar-refractivity contribution in [2.75, 3.05) is 52.4 Å². The van der Waals surface area contributed by atoms with E-state index in [1.807, 2.05) is 6.92 Å². The van der Waals surface area contributed by atoms with E-state index in [-0.39, 0.29) is 61.7 Å². The highest BCUT2D eigenvalue weighted by Crippen LogP contribution is 2.37. The molecule has 0 aromatic carbocycles. The van der Waals surface area contributed by atoms with Gasteiger partial charge in [0.2, 0.25) is 11.8 Å². The molecule has 6 amide bonds. The summed E-state index contributed by atoms with van der Waals surface area (Å²) in [4.78, 5) is 58.0. The molecule has 4 heterocycles. The molecule has 0 aliphatic carbocycles. The van der Waals surface area contributed by atoms with E-state index in [9.17, 15) is 19.2 Å². The molecule has 0 spiro atoms. The van der Waals surface area contributed by atoms with Crippen LogP contribution in [0.1, 0.15) is 19.8 Å². The van der Waals surface area contributed by atoms with E-state index >= 15 is 0 Å². The number of hydrogen-bond acceptors (Lipinski definition) is 9. The van der Waals surface area contributed by atoms with Crippen molar-refractivity contribution in [2.24, 2.45) is 0 Å². The number of likely N-dealkylation sites (N-methyl/N-ethyl adjacent to an activating group) is 1. The Morgan fingerprint density at radius 2 is 1.39 bits per heavy atom. The summed E-state index contributed by atoms with van der Waals surface area (Å²) in [6, 6.07) is -0.672. The summed E-state index contributed by atoms with van der Waals surface area (Å²) >= 11 is 3.29. The molecule has 33 heavy (non-hydrogen) atoms. The van der Waals surface area contributed by atoms with Crippen LogP contribution in [0.2, 0.25) is 0 Å². The zero-order valence-corrected chi connectivity index (χ0v) is 20.5. The Hall–Kier alpha value is -1.74. The largest absolute Gasteiger partial charge is 0.370 e. The number of carbonyl (C=O) groups excluding carboxylic acids is 4. The van der Waals surface area contributed by atoms with Gasteiger partial charge in [0, 0.05) is 45.1 Å². The highest BCUT2D eigenvalue weighted by atomic mass is 32.2. The van der Waals surface area contributed by atoms with E-state index < -0.39 is 18.4 Å². The molecular formula is C19H29N5O7S2. The van der Waals surface area contributed by atoms with Crippen LogP contribution in [-0.2, 0) is 23.8 Å². The number of imide groups is 1. The van der Waals surface area contributed by atoms with Crippen molar-refractivity contribution >= 4 is 47.4 Å². The van der Waals surface area contributed by atoms with Gasteiger partial charge in [0.25, 0.3) is 0 Å². The molecule has 4 saturated heterocycles. The lowest BCUT2D eigenvalue weighted by Gasteiger charge is -2.32. The van der Waals surface area contributed by atoms with Gasteiger partial charge in [0.1, 0.15) is 31.0 Å². The third-order valence-electron chi connectivity index (χ3n) is 6.08. The standard InChI is InChI=1S/C19H29N5O7S2/c1-4-20-16-17(24(18(20)27)11-31-15-8-32-14(30-3)7-33-15)23(10-29-2)19(28)22(16)9-21-12(25)5-6-13(21)26/h14-17H,4-11H2,1-3H3. The number of likely N-dealkylation sites (tertiary alicyclic amines) is 1. The number of urea groups is 2. The highest BCUT2D eigenvalue weighted by Gasteiger charge is 2.59. The molecule has 4 atom stereocenters. The van der Waals surface area contributed by atoms with E-state index in [1.165, 1.54) is 21.8 Å². The first-order valence-electron chi connectivity index (χ1n) is 10.8. The summed E-state index contributed by atoms with van der Waals surface area (Å²) in [7, 11) is 3.15. The maximum atomic E-state index is 13.3. The van der Waals surface area contributed by atoms with Gasteiger partial charge >= 0.3 is 12.1 Å². The summed E-state index contributed by atoms with van der Waals surface area (Å²) in [6.45, 7) is 1.96. The third-order valence-corrected chi connectivity index (χ3v) is 8.90. The molecule has 12 nitrogen and oxygen atoms in total. The minimum Gasteiger partial charge on any atom is -0.370 e. The number of nitrogens with zero attached hydrogens (tertiary/aromatic N) is 5. The Morgan fingerprint density at radius 3 is 1.97 bits per heavy atom. The van der Waals surface area contributed by atoms with Crippen LogP contribution in [0.4, 0.5) is 9.59 Å². The molecule has 184 valence electrons. The highest BCUT2D eigenvalue weighted by molar-refractivity contribution is 8.06. The van der Waals surface area contributed by atoms with E-state index in [1.54, 1.807) is 35.5 Å². The lowest BCUT2D eigenvalue weighted by Crippen LogP contribution is -2.51. The van der Waals surface area contributed by atoms with Crippen molar-refractivity contribution in [3.63, 3.8) is 0 Å². The summed E-state index contributed by atoms with van der Waals surface area (Å²) in [5.74, 6) is 0.877. The molecule has 0 bridgehead atoms. The maximum absolute atomic E-state index is 13.3. The van der Waals surface area contributed by atoms with Gasteiger partial charge in [-0.2, -0.15) is 0 Å². The van der Waals surface area contributed by atoms with Crippen molar-refractivity contribution in [1.29, 1.82) is 0 Å². The molecule has 0 N–H and O–H groups in total. The van der Waals surface area contributed by atoms with Gasteiger partial charge < -0.3 is 19.1 Å². The van der Waals surface area contributed by atoms with Crippen LogP contribution in [-0.4, -0.2) is 124 Å². The van der Waals surface area contributed by atoms with Gasteiger partial charge in [-0.05, 0) is 6.92 Å². The monoisotopic (exact) mass is 503 g/mol. The normalized spacial score (nSPS) is 30.3. The number of thioether (sulfide) groups is 2. The third kappa shape index (κ3) is 4.50. The Morgan fingerprint density at radius 1 is 0.818 bits per heavy atom. The molecule has 4 aliphatic rings. The Balaban J connectivity index is 1.52. The quantitative estimate of drug-likeness (QED) is 0.418. The Labute approximate surface area is 200 Å². The fourth-order valence-electron chi connectivity index (χ4n) is 4.43. The van der Waals surface area contributed by atoms with Crippen LogP contribution in [0.25, 0.3) is 0 Å². The second kappa shape index (κ2) is 10.3. The number of carbonyl (C=O) groups is 4. The first-order valence-corrected chi connectivity index (χ1v) is 12.8. The first-order chi connectivity index (χ1) is 15.9. The van der Waals surface area contributed by atoms with Crippen molar-refractivity contribution in [1.82, 2.24) is 24.5 Å². The van der Waals surface area contributed by atoms with Gasteiger partial charge in [-0.3, -0.25) is 29.2 Å². The van der Waals surface area contributed by atoms with Gasteiger partial charge in [-0.1, -0.05) is 0 Å². The first kappa shape index (κ1) is 24.4. The Kier molecular flexibility index (Phi) is 7.58. The molecule has 4 rings (SSSR count). The predicted octanol–water partition coefficient (Wildman–Crippen LogP) is 0.597. The lowest BCUT2D eigenvalue weighted by molar-refractivity contribution is -0.140.